The van der Waals surface area contributed by atoms with Crippen molar-refractivity contribution in [1.29, 1.82) is 0 Å². The van der Waals surface area contributed by atoms with Crippen LogP contribution in [0.25, 0.3) is 0 Å². The highest BCUT2D eigenvalue weighted by Gasteiger charge is 2.33. The Labute approximate surface area is 98.8 Å². The Hall–Kier alpha value is -1.09. The smallest absolute Gasteiger partial charge is 0.313 e. The van der Waals surface area contributed by atoms with Gasteiger partial charge in [-0.2, -0.15) is 0 Å². The Balaban J connectivity index is 4.61. The molecule has 0 aliphatic carbocycles. The van der Waals surface area contributed by atoms with E-state index in [4.69, 9.17) is 4.74 Å². The lowest BCUT2D eigenvalue weighted by Gasteiger charge is -2.28. The van der Waals surface area contributed by atoms with Gasteiger partial charge in [-0.05, 0) is 40.8 Å². The summed E-state index contributed by atoms with van der Waals surface area (Å²) in [6.45, 7) is 11.1. The lowest BCUT2D eigenvalue weighted by Crippen LogP contribution is -2.36. The summed E-state index contributed by atoms with van der Waals surface area (Å²) in [5.74, 6) is -0.200. The van der Waals surface area contributed by atoms with Gasteiger partial charge in [0.1, 0.15) is 0 Å². The maximum absolute atomic E-state index is 12.0. The van der Waals surface area contributed by atoms with E-state index in [9.17, 15) is 4.79 Å². The van der Waals surface area contributed by atoms with E-state index in [1.54, 1.807) is 12.2 Å². The maximum atomic E-state index is 12.0. The van der Waals surface area contributed by atoms with Crippen LogP contribution < -0.4 is 0 Å². The minimum atomic E-state index is -0.548. The fourth-order valence-corrected chi connectivity index (χ4v) is 1.29. The molecule has 0 aliphatic rings. The highest BCUT2D eigenvalue weighted by molar-refractivity contribution is 5.77. The topological polar surface area (TPSA) is 29.5 Å². The molecule has 0 N–H and O–H groups in total. The summed E-state index contributed by atoms with van der Waals surface area (Å²) in [6, 6.07) is 0. The van der Waals surface area contributed by atoms with Crippen LogP contribution in [0.15, 0.2) is 25.3 Å². The largest absolute Gasteiger partial charge is 0.446 e. The molecule has 0 heterocycles. The van der Waals surface area contributed by atoms with E-state index in [2.05, 4.69) is 13.2 Å². The molecule has 0 amide bonds. The van der Waals surface area contributed by atoms with Gasteiger partial charge in [0.05, 0.1) is 5.41 Å². The minimum Gasteiger partial charge on any atom is -0.446 e. The SMILES string of the molecule is C=CCC(C)(CC=C)C(=O)OC(C)N(C)C. The average Bonchev–Trinajstić information content (AvgIpc) is 2.18. The number of carbonyl (C=O) groups excluding carboxylic acids is 1. The number of nitrogens with zero attached hydrogens (tertiary/aromatic N) is 1. The fourth-order valence-electron chi connectivity index (χ4n) is 1.29. The molecule has 0 aromatic rings. The van der Waals surface area contributed by atoms with Gasteiger partial charge in [-0.1, -0.05) is 12.2 Å². The zero-order valence-electron chi connectivity index (χ0n) is 10.8. The molecule has 3 nitrogen and oxygen atoms in total. The Morgan fingerprint density at radius 1 is 1.38 bits per heavy atom. The number of hydrogen-bond acceptors (Lipinski definition) is 3. The van der Waals surface area contributed by atoms with E-state index in [1.165, 1.54) is 0 Å². The number of esters is 1. The van der Waals surface area contributed by atoms with Crippen LogP contribution in [0.3, 0.4) is 0 Å². The van der Waals surface area contributed by atoms with Crippen molar-refractivity contribution in [2.24, 2.45) is 5.41 Å². The summed E-state index contributed by atoms with van der Waals surface area (Å²) in [5.41, 5.74) is -0.548. The van der Waals surface area contributed by atoms with Gasteiger partial charge < -0.3 is 4.74 Å². The number of hydrogen-bond donors (Lipinski definition) is 0. The maximum Gasteiger partial charge on any atom is 0.313 e. The number of carbonyl (C=O) groups is 1. The van der Waals surface area contributed by atoms with E-state index in [0.717, 1.165) is 0 Å². The summed E-state index contributed by atoms with van der Waals surface area (Å²) in [6.07, 6.45) is 4.45. The van der Waals surface area contributed by atoms with E-state index in [-0.39, 0.29) is 12.2 Å². The second-order valence-corrected chi connectivity index (χ2v) is 4.51. The third-order valence-electron chi connectivity index (χ3n) is 2.69. The molecule has 3 heteroatoms. The van der Waals surface area contributed by atoms with Crippen molar-refractivity contribution in [1.82, 2.24) is 4.90 Å². The quantitative estimate of drug-likeness (QED) is 0.379. The second-order valence-electron chi connectivity index (χ2n) is 4.51. The van der Waals surface area contributed by atoms with Crippen molar-refractivity contribution >= 4 is 5.97 Å². The van der Waals surface area contributed by atoms with Crippen LogP contribution in [0.4, 0.5) is 0 Å². The molecular formula is C13H23NO2. The zero-order chi connectivity index (χ0) is 12.8. The molecule has 0 aromatic carbocycles. The van der Waals surface area contributed by atoms with Crippen molar-refractivity contribution in [3.05, 3.63) is 25.3 Å². The summed E-state index contributed by atoms with van der Waals surface area (Å²) in [5, 5.41) is 0. The third-order valence-corrected chi connectivity index (χ3v) is 2.69. The van der Waals surface area contributed by atoms with Gasteiger partial charge >= 0.3 is 5.97 Å². The van der Waals surface area contributed by atoms with Crippen molar-refractivity contribution < 1.29 is 9.53 Å². The number of rotatable bonds is 7. The Bertz CT molecular complexity index is 249. The number of ether oxygens (including phenoxy) is 1. The lowest BCUT2D eigenvalue weighted by atomic mass is 9.83. The first-order chi connectivity index (χ1) is 7.37. The highest BCUT2D eigenvalue weighted by Crippen LogP contribution is 2.29. The highest BCUT2D eigenvalue weighted by atomic mass is 16.6. The van der Waals surface area contributed by atoms with Crippen LogP contribution in [0.1, 0.15) is 26.7 Å². The van der Waals surface area contributed by atoms with E-state index >= 15 is 0 Å². The Morgan fingerprint density at radius 3 is 2.12 bits per heavy atom. The van der Waals surface area contributed by atoms with Gasteiger partial charge in [-0.25, -0.2) is 0 Å². The van der Waals surface area contributed by atoms with Crippen LogP contribution >= 0.6 is 0 Å². The predicted molar refractivity (Wildman–Crippen MR) is 67.0 cm³/mol. The molecular weight excluding hydrogens is 202 g/mol. The molecule has 0 spiro atoms. The van der Waals surface area contributed by atoms with Gasteiger partial charge in [0, 0.05) is 0 Å². The van der Waals surface area contributed by atoms with Gasteiger partial charge in [0.25, 0.3) is 0 Å². The van der Waals surface area contributed by atoms with Crippen molar-refractivity contribution in [2.45, 2.75) is 32.9 Å². The second kappa shape index (κ2) is 6.48. The lowest BCUT2D eigenvalue weighted by molar-refractivity contribution is -0.166. The summed E-state index contributed by atoms with van der Waals surface area (Å²) in [7, 11) is 3.74. The van der Waals surface area contributed by atoms with Crippen molar-refractivity contribution in [3.8, 4) is 0 Å². The fraction of sp³-hybridized carbons (Fsp3) is 0.615. The zero-order valence-corrected chi connectivity index (χ0v) is 10.8. The predicted octanol–water partition coefficient (Wildman–Crippen LogP) is 2.60. The molecule has 16 heavy (non-hydrogen) atoms. The first-order valence-corrected chi connectivity index (χ1v) is 5.46. The first kappa shape index (κ1) is 14.9. The molecule has 0 aliphatic heterocycles. The molecule has 0 radical (unpaired) electrons. The van der Waals surface area contributed by atoms with E-state index in [1.807, 2.05) is 32.8 Å². The van der Waals surface area contributed by atoms with Crippen LogP contribution in [-0.4, -0.2) is 31.2 Å². The molecule has 0 saturated heterocycles. The minimum absolute atomic E-state index is 0.200. The van der Waals surface area contributed by atoms with Crippen LogP contribution in [0.2, 0.25) is 0 Å². The summed E-state index contributed by atoms with van der Waals surface area (Å²) >= 11 is 0. The van der Waals surface area contributed by atoms with Gasteiger partial charge in [-0.3, -0.25) is 9.69 Å². The van der Waals surface area contributed by atoms with Crippen molar-refractivity contribution in [3.63, 3.8) is 0 Å². The van der Waals surface area contributed by atoms with Crippen LogP contribution in [-0.2, 0) is 9.53 Å². The Morgan fingerprint density at radius 2 is 1.81 bits per heavy atom. The molecule has 0 bridgehead atoms. The summed E-state index contributed by atoms with van der Waals surface area (Å²) in [4.78, 5) is 13.9. The summed E-state index contributed by atoms with van der Waals surface area (Å²) < 4.78 is 5.37. The molecule has 0 saturated carbocycles. The standard InChI is InChI=1S/C13H23NO2/c1-7-9-13(4,10-8-2)12(15)16-11(3)14(5)6/h7-8,11H,1-2,9-10H2,3-6H3. The van der Waals surface area contributed by atoms with Gasteiger partial charge in [0.2, 0.25) is 0 Å². The number of allylic oxidation sites excluding steroid dienone is 2. The van der Waals surface area contributed by atoms with E-state index in [0.29, 0.717) is 12.8 Å². The molecule has 0 fully saturated rings. The normalized spacial score (nSPS) is 13.3. The molecule has 0 rings (SSSR count). The van der Waals surface area contributed by atoms with Gasteiger partial charge in [-0.15, -0.1) is 13.2 Å². The Kier molecular flexibility index (Phi) is 6.04. The molecule has 1 atom stereocenters. The third kappa shape index (κ3) is 4.19. The monoisotopic (exact) mass is 225 g/mol. The van der Waals surface area contributed by atoms with Crippen LogP contribution in [0.5, 0.6) is 0 Å². The first-order valence-electron chi connectivity index (χ1n) is 5.46. The molecule has 0 aromatic heterocycles. The molecule has 1 unspecified atom stereocenters. The van der Waals surface area contributed by atoms with Crippen molar-refractivity contribution in [2.75, 3.05) is 14.1 Å². The molecule has 92 valence electrons. The van der Waals surface area contributed by atoms with E-state index < -0.39 is 5.41 Å². The average molecular weight is 225 g/mol. The van der Waals surface area contributed by atoms with Gasteiger partial charge in [0.15, 0.2) is 6.23 Å². The van der Waals surface area contributed by atoms with Crippen LogP contribution in [0, 0.1) is 5.41 Å².